The van der Waals surface area contributed by atoms with E-state index in [1.807, 2.05) is 0 Å². The first-order chi connectivity index (χ1) is 8.59. The van der Waals surface area contributed by atoms with Crippen LogP contribution in [0.1, 0.15) is 33.1 Å². The van der Waals surface area contributed by atoms with Crippen LogP contribution in [0, 0.1) is 17.3 Å². The summed E-state index contributed by atoms with van der Waals surface area (Å²) in [6, 6.07) is 0. The predicted molar refractivity (Wildman–Crippen MR) is 68.1 cm³/mol. The molecule has 1 saturated carbocycles. The second-order valence-electron chi connectivity index (χ2n) is 5.76. The lowest BCUT2D eigenvalue weighted by Gasteiger charge is -2.47. The van der Waals surface area contributed by atoms with Crippen molar-refractivity contribution in [3.05, 3.63) is 0 Å². The normalized spacial score (nSPS) is 44.3. The van der Waals surface area contributed by atoms with Crippen molar-refractivity contribution in [1.29, 1.82) is 0 Å². The van der Waals surface area contributed by atoms with Gasteiger partial charge < -0.3 is 18.9 Å². The van der Waals surface area contributed by atoms with Crippen LogP contribution in [0.2, 0.25) is 0 Å². The van der Waals surface area contributed by atoms with Gasteiger partial charge >= 0.3 is 0 Å². The summed E-state index contributed by atoms with van der Waals surface area (Å²) in [7, 11) is 5.15. The Morgan fingerprint density at radius 3 is 2.39 bits per heavy atom. The summed E-state index contributed by atoms with van der Waals surface area (Å²) < 4.78 is 22.6. The van der Waals surface area contributed by atoms with Gasteiger partial charge in [0.25, 0.3) is 0 Å². The standard InChI is InChI=1S/C14H26O4/c1-9-10-7-6-8-11(12(15-3)16-4)14(10,2)13(17-5)18-9/h9-13H,6-8H2,1-5H3/t9-,10-,11?,13?,14+/m0/s1. The molecule has 106 valence electrons. The number of methoxy groups -OCH3 is 3. The smallest absolute Gasteiger partial charge is 0.163 e. The van der Waals surface area contributed by atoms with E-state index in [2.05, 4.69) is 13.8 Å². The molecule has 0 bridgehead atoms. The van der Waals surface area contributed by atoms with E-state index in [1.54, 1.807) is 21.3 Å². The van der Waals surface area contributed by atoms with Crippen molar-refractivity contribution in [3.8, 4) is 0 Å². The van der Waals surface area contributed by atoms with E-state index in [1.165, 1.54) is 12.8 Å². The molecule has 0 amide bonds. The third kappa shape index (κ3) is 1.99. The summed E-state index contributed by atoms with van der Waals surface area (Å²) in [6.45, 7) is 4.42. The van der Waals surface area contributed by atoms with Crippen molar-refractivity contribution in [1.82, 2.24) is 0 Å². The lowest BCUT2D eigenvalue weighted by molar-refractivity contribution is -0.224. The van der Waals surface area contributed by atoms with Gasteiger partial charge in [-0.2, -0.15) is 0 Å². The zero-order chi connectivity index (χ0) is 13.3. The molecule has 1 heterocycles. The first-order valence-electron chi connectivity index (χ1n) is 6.83. The van der Waals surface area contributed by atoms with Crippen molar-refractivity contribution < 1.29 is 18.9 Å². The number of fused-ring (bicyclic) bond motifs is 1. The van der Waals surface area contributed by atoms with Gasteiger partial charge in [0, 0.05) is 32.7 Å². The summed E-state index contributed by atoms with van der Waals surface area (Å²) >= 11 is 0. The van der Waals surface area contributed by atoms with Gasteiger partial charge in [-0.15, -0.1) is 0 Å². The molecule has 2 rings (SSSR count). The third-order valence-electron chi connectivity index (χ3n) is 5.05. The first kappa shape index (κ1) is 14.3. The Bertz CT molecular complexity index is 279. The molecule has 2 aliphatic rings. The molecule has 0 N–H and O–H groups in total. The minimum absolute atomic E-state index is 0.0247. The fourth-order valence-corrected chi connectivity index (χ4v) is 4.14. The highest BCUT2D eigenvalue weighted by Crippen LogP contribution is 2.56. The summed E-state index contributed by atoms with van der Waals surface area (Å²) in [5.41, 5.74) is -0.0247. The van der Waals surface area contributed by atoms with Gasteiger partial charge in [-0.1, -0.05) is 13.3 Å². The lowest BCUT2D eigenvalue weighted by Crippen LogP contribution is -2.50. The number of hydrogen-bond acceptors (Lipinski definition) is 4. The minimum atomic E-state index is -0.177. The van der Waals surface area contributed by atoms with Gasteiger partial charge in [0.1, 0.15) is 0 Å². The molecule has 5 atom stereocenters. The Balaban J connectivity index is 2.30. The SMILES string of the molecule is COC(OC)C1CCC[C@H]2[C@H](C)OC(OC)[C@@]12C. The van der Waals surface area contributed by atoms with Crippen molar-refractivity contribution in [2.75, 3.05) is 21.3 Å². The van der Waals surface area contributed by atoms with E-state index in [0.717, 1.165) is 6.42 Å². The topological polar surface area (TPSA) is 36.9 Å². The quantitative estimate of drug-likeness (QED) is 0.726. The van der Waals surface area contributed by atoms with Gasteiger partial charge in [0.15, 0.2) is 12.6 Å². The van der Waals surface area contributed by atoms with Crippen LogP contribution in [-0.2, 0) is 18.9 Å². The van der Waals surface area contributed by atoms with Crippen LogP contribution in [0.3, 0.4) is 0 Å². The van der Waals surface area contributed by atoms with E-state index in [-0.39, 0.29) is 24.1 Å². The molecule has 2 fully saturated rings. The highest BCUT2D eigenvalue weighted by molar-refractivity contribution is 5.02. The predicted octanol–water partition coefficient (Wildman–Crippen LogP) is 2.42. The number of hydrogen-bond donors (Lipinski definition) is 0. The Morgan fingerprint density at radius 1 is 1.17 bits per heavy atom. The van der Waals surface area contributed by atoms with Crippen LogP contribution in [0.15, 0.2) is 0 Å². The molecule has 18 heavy (non-hydrogen) atoms. The van der Waals surface area contributed by atoms with Crippen molar-refractivity contribution in [2.45, 2.75) is 51.8 Å². The fraction of sp³-hybridized carbons (Fsp3) is 1.00. The Hall–Kier alpha value is -0.160. The first-order valence-corrected chi connectivity index (χ1v) is 6.83. The van der Waals surface area contributed by atoms with Crippen LogP contribution in [-0.4, -0.2) is 40.0 Å². The molecule has 1 aliphatic heterocycles. The molecular weight excluding hydrogens is 232 g/mol. The molecule has 0 aromatic rings. The van der Waals surface area contributed by atoms with Gasteiger partial charge in [-0.3, -0.25) is 0 Å². The monoisotopic (exact) mass is 258 g/mol. The Labute approximate surface area is 110 Å². The summed E-state index contributed by atoms with van der Waals surface area (Å²) in [4.78, 5) is 0. The molecule has 0 aromatic carbocycles. The van der Waals surface area contributed by atoms with E-state index in [4.69, 9.17) is 18.9 Å². The van der Waals surface area contributed by atoms with Crippen LogP contribution < -0.4 is 0 Å². The maximum Gasteiger partial charge on any atom is 0.163 e. The van der Waals surface area contributed by atoms with E-state index in [0.29, 0.717) is 11.8 Å². The molecule has 4 nitrogen and oxygen atoms in total. The molecule has 1 saturated heterocycles. The zero-order valence-corrected chi connectivity index (χ0v) is 12.1. The van der Waals surface area contributed by atoms with Crippen molar-refractivity contribution in [3.63, 3.8) is 0 Å². The second-order valence-corrected chi connectivity index (χ2v) is 5.76. The van der Waals surface area contributed by atoms with Crippen LogP contribution in [0.5, 0.6) is 0 Å². The molecule has 0 spiro atoms. The zero-order valence-electron chi connectivity index (χ0n) is 12.1. The largest absolute Gasteiger partial charge is 0.356 e. The number of rotatable bonds is 4. The lowest BCUT2D eigenvalue weighted by atomic mass is 9.60. The Morgan fingerprint density at radius 2 is 1.83 bits per heavy atom. The molecule has 0 aromatic heterocycles. The van der Waals surface area contributed by atoms with Crippen molar-refractivity contribution >= 4 is 0 Å². The van der Waals surface area contributed by atoms with Crippen LogP contribution in [0.4, 0.5) is 0 Å². The maximum atomic E-state index is 6.00. The molecule has 2 unspecified atom stereocenters. The average Bonchev–Trinajstić information content (AvgIpc) is 2.64. The van der Waals surface area contributed by atoms with Crippen molar-refractivity contribution in [2.24, 2.45) is 17.3 Å². The molecule has 1 aliphatic carbocycles. The van der Waals surface area contributed by atoms with Gasteiger partial charge in [-0.25, -0.2) is 0 Å². The Kier molecular flexibility index (Phi) is 4.32. The van der Waals surface area contributed by atoms with E-state index in [9.17, 15) is 0 Å². The average molecular weight is 258 g/mol. The van der Waals surface area contributed by atoms with E-state index < -0.39 is 0 Å². The van der Waals surface area contributed by atoms with Crippen LogP contribution in [0.25, 0.3) is 0 Å². The number of ether oxygens (including phenoxy) is 4. The van der Waals surface area contributed by atoms with E-state index >= 15 is 0 Å². The molecular formula is C14H26O4. The summed E-state index contributed by atoms with van der Waals surface area (Å²) in [5.74, 6) is 0.843. The second kappa shape index (κ2) is 5.45. The van der Waals surface area contributed by atoms with Gasteiger partial charge in [-0.05, 0) is 25.7 Å². The van der Waals surface area contributed by atoms with Gasteiger partial charge in [0.05, 0.1) is 6.10 Å². The fourth-order valence-electron chi connectivity index (χ4n) is 4.14. The van der Waals surface area contributed by atoms with Crippen LogP contribution >= 0.6 is 0 Å². The summed E-state index contributed by atoms with van der Waals surface area (Å²) in [5, 5.41) is 0. The summed E-state index contributed by atoms with van der Waals surface area (Å²) in [6.07, 6.45) is 3.43. The van der Waals surface area contributed by atoms with Gasteiger partial charge in [0.2, 0.25) is 0 Å². The third-order valence-corrected chi connectivity index (χ3v) is 5.05. The highest BCUT2D eigenvalue weighted by atomic mass is 16.7. The molecule has 4 heteroatoms. The highest BCUT2D eigenvalue weighted by Gasteiger charge is 2.59. The molecule has 0 radical (unpaired) electrons. The minimum Gasteiger partial charge on any atom is -0.356 e. The maximum absolute atomic E-state index is 6.00.